The van der Waals surface area contributed by atoms with E-state index in [0.717, 1.165) is 12.1 Å². The lowest BCUT2D eigenvalue weighted by Gasteiger charge is -2.20. The van der Waals surface area contributed by atoms with E-state index in [4.69, 9.17) is 4.74 Å². The van der Waals surface area contributed by atoms with Gasteiger partial charge < -0.3 is 9.84 Å². The van der Waals surface area contributed by atoms with E-state index < -0.39 is 50.9 Å². The van der Waals surface area contributed by atoms with Crippen LogP contribution in [0.15, 0.2) is 17.0 Å². The Bertz CT molecular complexity index is 671. The van der Waals surface area contributed by atoms with Crippen LogP contribution in [0.5, 0.6) is 5.75 Å². The number of hydrogen-bond acceptors (Lipinski definition) is 4. The first-order valence-corrected chi connectivity index (χ1v) is 7.94. The largest absolute Gasteiger partial charge is 0.494 e. The lowest BCUT2D eigenvalue weighted by molar-refractivity contribution is -0.0382. The van der Waals surface area contributed by atoms with Crippen LogP contribution in [0.1, 0.15) is 30.1 Å². The highest BCUT2D eigenvalue weighted by Crippen LogP contribution is 2.53. The number of aliphatic hydroxyl groups is 1. The summed E-state index contributed by atoms with van der Waals surface area (Å²) in [6.07, 6.45) is -2.69. The summed E-state index contributed by atoms with van der Waals surface area (Å²) in [5, 5.41) is 5.28. The van der Waals surface area contributed by atoms with Crippen molar-refractivity contribution >= 4 is 9.84 Å². The van der Waals surface area contributed by atoms with Gasteiger partial charge in [-0.15, -0.1) is 0 Å². The summed E-state index contributed by atoms with van der Waals surface area (Å²) in [6.45, 7) is -0.842. The van der Waals surface area contributed by atoms with Crippen molar-refractivity contribution in [3.8, 4) is 5.75 Å². The molecule has 2 rings (SSSR count). The van der Waals surface area contributed by atoms with Crippen LogP contribution in [-0.4, -0.2) is 38.7 Å². The van der Waals surface area contributed by atoms with Crippen molar-refractivity contribution in [2.24, 2.45) is 0 Å². The third kappa shape index (κ3) is 2.18. The maximum Gasteiger partial charge on any atom is 0.379 e. The quantitative estimate of drug-likeness (QED) is 0.835. The van der Waals surface area contributed by atoms with Gasteiger partial charge in [-0.05, 0) is 19.1 Å². The molecule has 1 aliphatic rings. The Hall–Kier alpha value is -1.35. The Balaban J connectivity index is 2.81. The molecule has 1 N–H and O–H groups in total. The van der Waals surface area contributed by atoms with E-state index in [-0.39, 0.29) is 17.9 Å². The van der Waals surface area contributed by atoms with E-state index in [2.05, 4.69) is 0 Å². The summed E-state index contributed by atoms with van der Waals surface area (Å²) in [4.78, 5) is -0.824. The molecule has 124 valence electrons. The summed E-state index contributed by atoms with van der Waals surface area (Å²) < 4.78 is 82.4. The Kier molecular flexibility index (Phi) is 4.40. The lowest BCUT2D eigenvalue weighted by atomic mass is 9.92. The first-order chi connectivity index (χ1) is 10.2. The molecular weight excluding hydrogens is 328 g/mol. The van der Waals surface area contributed by atoms with Gasteiger partial charge in [-0.1, -0.05) is 0 Å². The van der Waals surface area contributed by atoms with Crippen LogP contribution in [0.3, 0.4) is 0 Å². The second-order valence-corrected chi connectivity index (χ2v) is 6.79. The van der Waals surface area contributed by atoms with Gasteiger partial charge in [0.2, 0.25) is 9.84 Å². The van der Waals surface area contributed by atoms with Gasteiger partial charge in [-0.25, -0.2) is 8.42 Å². The minimum Gasteiger partial charge on any atom is -0.494 e. The maximum absolute atomic E-state index is 13.8. The van der Waals surface area contributed by atoms with E-state index in [9.17, 15) is 31.1 Å². The van der Waals surface area contributed by atoms with Gasteiger partial charge in [-0.2, -0.15) is 8.78 Å². The Morgan fingerprint density at radius 3 is 2.41 bits per heavy atom. The maximum atomic E-state index is 13.8. The number of alkyl halides is 4. The molecule has 9 heteroatoms. The number of fused-ring (bicyclic) bond motifs is 1. The van der Waals surface area contributed by atoms with Crippen molar-refractivity contribution in [3.05, 3.63) is 23.3 Å². The van der Waals surface area contributed by atoms with Crippen molar-refractivity contribution in [2.75, 3.05) is 20.0 Å². The number of benzene rings is 1. The van der Waals surface area contributed by atoms with Crippen molar-refractivity contribution < 1.29 is 35.8 Å². The van der Waals surface area contributed by atoms with Gasteiger partial charge in [0.15, 0.2) is 6.10 Å². The van der Waals surface area contributed by atoms with E-state index in [1.54, 1.807) is 6.92 Å². The predicted molar refractivity (Wildman–Crippen MR) is 69.4 cm³/mol. The minimum atomic E-state index is -5.12. The molecule has 0 bridgehead atoms. The Morgan fingerprint density at radius 2 is 1.91 bits per heavy atom. The highest BCUT2D eigenvalue weighted by Gasteiger charge is 2.61. The minimum absolute atomic E-state index is 0.0797. The first kappa shape index (κ1) is 17.0. The SMILES string of the molecule is CCOc1ccc2c(c1C(CF)CF)[C@@H](O)C(F)(F)S2(=O)=O. The molecule has 0 spiro atoms. The van der Waals surface area contributed by atoms with Gasteiger partial charge in [0.05, 0.1) is 24.9 Å². The molecule has 0 fully saturated rings. The molecule has 0 amide bonds. The number of ether oxygens (including phenoxy) is 1. The zero-order chi connectivity index (χ0) is 16.7. The number of hydrogen-bond donors (Lipinski definition) is 1. The molecule has 0 aromatic heterocycles. The topological polar surface area (TPSA) is 63.6 Å². The molecule has 0 aliphatic carbocycles. The monoisotopic (exact) mass is 342 g/mol. The molecule has 0 saturated heterocycles. The van der Waals surface area contributed by atoms with Crippen LogP contribution in [0.2, 0.25) is 0 Å². The van der Waals surface area contributed by atoms with Crippen LogP contribution in [0.4, 0.5) is 17.6 Å². The highest BCUT2D eigenvalue weighted by atomic mass is 32.2. The Labute approximate surface area is 124 Å². The molecule has 1 aliphatic heterocycles. The van der Waals surface area contributed by atoms with E-state index >= 15 is 0 Å². The third-order valence-corrected chi connectivity index (χ3v) is 5.40. The number of aliphatic hydroxyl groups excluding tert-OH is 1. The van der Waals surface area contributed by atoms with E-state index in [0.29, 0.717) is 0 Å². The van der Waals surface area contributed by atoms with Gasteiger partial charge in [-0.3, -0.25) is 8.78 Å². The number of rotatable bonds is 5. The molecule has 22 heavy (non-hydrogen) atoms. The van der Waals surface area contributed by atoms with E-state index in [1.807, 2.05) is 0 Å². The van der Waals surface area contributed by atoms with Gasteiger partial charge in [0.25, 0.3) is 0 Å². The second kappa shape index (κ2) is 5.69. The van der Waals surface area contributed by atoms with Crippen LogP contribution in [-0.2, 0) is 9.84 Å². The number of sulfone groups is 1. The fourth-order valence-corrected chi connectivity index (χ4v) is 3.94. The summed E-state index contributed by atoms with van der Waals surface area (Å²) >= 11 is 0. The molecule has 1 heterocycles. The van der Waals surface area contributed by atoms with Crippen molar-refractivity contribution in [1.29, 1.82) is 0 Å². The van der Waals surface area contributed by atoms with Crippen LogP contribution < -0.4 is 4.74 Å². The summed E-state index contributed by atoms with van der Waals surface area (Å²) in [5.74, 6) is -1.61. The van der Waals surface area contributed by atoms with Crippen molar-refractivity contribution in [2.45, 2.75) is 29.1 Å². The summed E-state index contributed by atoms with van der Waals surface area (Å²) in [7, 11) is -5.12. The smallest absolute Gasteiger partial charge is 0.379 e. The van der Waals surface area contributed by atoms with Crippen molar-refractivity contribution in [3.63, 3.8) is 0 Å². The van der Waals surface area contributed by atoms with Crippen LogP contribution >= 0.6 is 0 Å². The first-order valence-electron chi connectivity index (χ1n) is 6.46. The molecule has 1 aromatic rings. The predicted octanol–water partition coefficient (Wildman–Crippen LogP) is 2.52. The normalized spacial score (nSPS) is 21.9. The molecule has 0 radical (unpaired) electrons. The second-order valence-electron chi connectivity index (χ2n) is 4.80. The van der Waals surface area contributed by atoms with E-state index in [1.165, 1.54) is 0 Å². The zero-order valence-corrected chi connectivity index (χ0v) is 12.3. The van der Waals surface area contributed by atoms with Gasteiger partial charge in [0.1, 0.15) is 5.75 Å². The molecule has 4 nitrogen and oxygen atoms in total. The fraction of sp³-hybridized carbons (Fsp3) is 0.538. The summed E-state index contributed by atoms with van der Waals surface area (Å²) in [6, 6.07) is 1.93. The molecule has 0 unspecified atom stereocenters. The van der Waals surface area contributed by atoms with Crippen LogP contribution in [0, 0.1) is 0 Å². The Morgan fingerprint density at radius 1 is 1.32 bits per heavy atom. The zero-order valence-electron chi connectivity index (χ0n) is 11.5. The number of halogens is 4. The fourth-order valence-electron chi connectivity index (χ4n) is 2.47. The molecule has 1 aromatic carbocycles. The average Bonchev–Trinajstić information content (AvgIpc) is 2.60. The molecule has 0 saturated carbocycles. The highest BCUT2D eigenvalue weighted by molar-refractivity contribution is 7.92. The molecule has 1 atom stereocenters. The third-order valence-electron chi connectivity index (χ3n) is 3.53. The summed E-state index contributed by atoms with van der Waals surface area (Å²) in [5.41, 5.74) is -1.05. The standard InChI is InChI=1S/C13H14F4O4S/c1-2-21-8-3-4-9-11(10(8)7(5-14)6-15)12(18)13(16,17)22(9,19)20/h3-4,7,12,18H,2,5-6H2,1H3/t12-/m1/s1. The lowest BCUT2D eigenvalue weighted by Crippen LogP contribution is -2.29. The van der Waals surface area contributed by atoms with Gasteiger partial charge >= 0.3 is 5.25 Å². The van der Waals surface area contributed by atoms with Crippen molar-refractivity contribution in [1.82, 2.24) is 0 Å². The van der Waals surface area contributed by atoms with Gasteiger partial charge in [0, 0.05) is 17.0 Å². The van der Waals surface area contributed by atoms with Crippen LogP contribution in [0.25, 0.3) is 0 Å². The average molecular weight is 342 g/mol. The molecular formula is C13H14F4O4S.